The molecular formula is C7H14O6. The lowest BCUT2D eigenvalue weighted by molar-refractivity contribution is 0.0917. The second-order valence-electron chi connectivity index (χ2n) is 1.40. The first-order valence-electron chi connectivity index (χ1n) is 3.28. The zero-order valence-electron chi connectivity index (χ0n) is 7.39. The molecule has 0 heterocycles. The lowest BCUT2D eigenvalue weighted by Gasteiger charge is -1.91. The average molecular weight is 194 g/mol. The van der Waals surface area contributed by atoms with Gasteiger partial charge < -0.3 is 20.1 Å². The quantitative estimate of drug-likeness (QED) is 0.459. The summed E-state index contributed by atoms with van der Waals surface area (Å²) >= 11 is 0. The van der Waals surface area contributed by atoms with Crippen LogP contribution < -0.4 is 0 Å². The van der Waals surface area contributed by atoms with Crippen LogP contribution in [0.5, 0.6) is 0 Å². The SMILES string of the molecule is C=C.CCCOC(=O)O.O=C(O)O. The third-order valence-corrected chi connectivity index (χ3v) is 0.430. The summed E-state index contributed by atoms with van der Waals surface area (Å²) in [7, 11) is 0. The molecule has 0 rings (SSSR count). The van der Waals surface area contributed by atoms with Gasteiger partial charge in [0.05, 0.1) is 6.61 Å². The third kappa shape index (κ3) is 136. The molecule has 3 N–H and O–H groups in total. The molecule has 78 valence electrons. The number of ether oxygens (including phenoxy) is 1. The molecule has 0 aromatic heterocycles. The molecule has 0 aromatic carbocycles. The summed E-state index contributed by atoms with van der Waals surface area (Å²) in [6.45, 7) is 8.15. The highest BCUT2D eigenvalue weighted by Crippen LogP contribution is 1.78. The predicted molar refractivity (Wildman–Crippen MR) is 46.2 cm³/mol. The summed E-state index contributed by atoms with van der Waals surface area (Å²) in [6.07, 6.45) is -2.28. The summed E-state index contributed by atoms with van der Waals surface area (Å²) in [5.41, 5.74) is 0. The van der Waals surface area contributed by atoms with Gasteiger partial charge in [0.25, 0.3) is 0 Å². The normalized spacial score (nSPS) is 6.54. The molecule has 0 unspecified atom stereocenters. The maximum Gasteiger partial charge on any atom is 0.505 e. The molecule has 0 saturated carbocycles. The zero-order chi connectivity index (χ0) is 11.3. The molecule has 0 aliphatic carbocycles. The van der Waals surface area contributed by atoms with Gasteiger partial charge in [-0.25, -0.2) is 9.59 Å². The minimum atomic E-state index is -1.83. The number of rotatable bonds is 2. The Morgan fingerprint density at radius 1 is 1.23 bits per heavy atom. The highest BCUT2D eigenvalue weighted by Gasteiger charge is 1.89. The van der Waals surface area contributed by atoms with E-state index in [2.05, 4.69) is 17.9 Å². The monoisotopic (exact) mass is 194 g/mol. The van der Waals surface area contributed by atoms with E-state index in [1.165, 1.54) is 0 Å². The van der Waals surface area contributed by atoms with Gasteiger partial charge in [-0.2, -0.15) is 0 Å². The van der Waals surface area contributed by atoms with Crippen molar-refractivity contribution in [3.05, 3.63) is 13.2 Å². The second-order valence-corrected chi connectivity index (χ2v) is 1.40. The topological polar surface area (TPSA) is 104 Å². The van der Waals surface area contributed by atoms with E-state index in [1.807, 2.05) is 6.92 Å². The molecule has 0 atom stereocenters. The zero-order valence-corrected chi connectivity index (χ0v) is 7.39. The Hall–Kier alpha value is -1.72. The van der Waals surface area contributed by atoms with Crippen molar-refractivity contribution < 1.29 is 29.6 Å². The van der Waals surface area contributed by atoms with Gasteiger partial charge in [0, 0.05) is 0 Å². The van der Waals surface area contributed by atoms with Gasteiger partial charge in [-0.1, -0.05) is 6.92 Å². The van der Waals surface area contributed by atoms with Crippen LogP contribution in [0.25, 0.3) is 0 Å². The van der Waals surface area contributed by atoms with Crippen molar-refractivity contribution in [3.8, 4) is 0 Å². The van der Waals surface area contributed by atoms with Gasteiger partial charge in [-0.05, 0) is 6.42 Å². The molecular weight excluding hydrogens is 180 g/mol. The third-order valence-electron chi connectivity index (χ3n) is 0.430. The highest BCUT2D eigenvalue weighted by atomic mass is 16.7. The van der Waals surface area contributed by atoms with Crippen molar-refractivity contribution in [2.45, 2.75) is 13.3 Å². The Bertz CT molecular complexity index is 129. The molecule has 6 heteroatoms. The van der Waals surface area contributed by atoms with E-state index in [1.54, 1.807) is 0 Å². The fourth-order valence-corrected chi connectivity index (χ4v) is 0.189. The summed E-state index contributed by atoms with van der Waals surface area (Å²) < 4.78 is 4.11. The fraction of sp³-hybridized carbons (Fsp3) is 0.429. The maximum atomic E-state index is 9.54. The number of hydrogen-bond donors (Lipinski definition) is 3. The molecule has 0 aliphatic heterocycles. The van der Waals surface area contributed by atoms with Crippen LogP contribution in [0.3, 0.4) is 0 Å². The summed E-state index contributed by atoms with van der Waals surface area (Å²) in [5, 5.41) is 21.8. The molecule has 0 radical (unpaired) electrons. The molecule has 0 saturated heterocycles. The highest BCUT2D eigenvalue weighted by molar-refractivity contribution is 5.56. The van der Waals surface area contributed by atoms with Gasteiger partial charge in [-0.15, -0.1) is 13.2 Å². The number of carboxylic acid groups (broad SMARTS) is 3. The van der Waals surface area contributed by atoms with Crippen LogP contribution >= 0.6 is 0 Å². The summed E-state index contributed by atoms with van der Waals surface area (Å²) in [6, 6.07) is 0. The van der Waals surface area contributed by atoms with E-state index < -0.39 is 12.3 Å². The first kappa shape index (κ1) is 17.4. The van der Waals surface area contributed by atoms with Crippen molar-refractivity contribution in [1.29, 1.82) is 0 Å². The average Bonchev–Trinajstić information content (AvgIpc) is 2.03. The van der Waals surface area contributed by atoms with Crippen LogP contribution in [-0.2, 0) is 4.74 Å². The first-order valence-corrected chi connectivity index (χ1v) is 3.28. The Kier molecular flexibility index (Phi) is 22.3. The molecule has 0 bridgehead atoms. The molecule has 6 nitrogen and oxygen atoms in total. The van der Waals surface area contributed by atoms with Gasteiger partial charge in [-0.3, -0.25) is 0 Å². The molecule has 0 spiro atoms. The number of carbonyl (C=O) groups is 2. The van der Waals surface area contributed by atoms with Crippen molar-refractivity contribution in [2.24, 2.45) is 0 Å². The van der Waals surface area contributed by atoms with E-state index in [-0.39, 0.29) is 0 Å². The van der Waals surface area contributed by atoms with Gasteiger partial charge in [0.2, 0.25) is 0 Å². The van der Waals surface area contributed by atoms with Crippen LogP contribution in [0, 0.1) is 0 Å². The van der Waals surface area contributed by atoms with Crippen molar-refractivity contribution in [2.75, 3.05) is 6.61 Å². The Morgan fingerprint density at radius 2 is 1.54 bits per heavy atom. The van der Waals surface area contributed by atoms with Crippen LogP contribution in [0.4, 0.5) is 9.59 Å². The number of hydrogen-bond acceptors (Lipinski definition) is 3. The maximum absolute atomic E-state index is 9.54. The summed E-state index contributed by atoms with van der Waals surface area (Å²) in [5.74, 6) is 0. The van der Waals surface area contributed by atoms with E-state index >= 15 is 0 Å². The molecule has 0 amide bonds. The van der Waals surface area contributed by atoms with Crippen LogP contribution in [0.15, 0.2) is 13.2 Å². The first-order chi connectivity index (χ1) is 6.00. The van der Waals surface area contributed by atoms with E-state index in [4.69, 9.17) is 20.1 Å². The van der Waals surface area contributed by atoms with E-state index in [0.717, 1.165) is 6.42 Å². The lowest BCUT2D eigenvalue weighted by atomic mass is 10.5. The fourth-order valence-electron chi connectivity index (χ4n) is 0.189. The second kappa shape index (κ2) is 16.7. The minimum absolute atomic E-state index is 0.301. The largest absolute Gasteiger partial charge is 0.505 e. The van der Waals surface area contributed by atoms with Crippen molar-refractivity contribution in [1.82, 2.24) is 0 Å². The minimum Gasteiger partial charge on any atom is -0.450 e. The molecule has 0 fully saturated rings. The predicted octanol–water partition coefficient (Wildman–Crippen LogP) is 2.12. The Morgan fingerprint density at radius 3 is 1.62 bits per heavy atom. The van der Waals surface area contributed by atoms with Crippen LogP contribution in [-0.4, -0.2) is 34.2 Å². The van der Waals surface area contributed by atoms with Crippen molar-refractivity contribution >= 4 is 12.3 Å². The molecule has 0 aromatic rings. The van der Waals surface area contributed by atoms with Gasteiger partial charge in [0.15, 0.2) is 0 Å². The van der Waals surface area contributed by atoms with E-state index in [0.29, 0.717) is 6.61 Å². The molecule has 0 aliphatic rings. The standard InChI is InChI=1S/C4H8O3.C2H4.CH2O3/c1-2-3-7-4(5)6;1-2;2-1(3)4/h2-3H2,1H3,(H,5,6);1-2H2;(H2,2,3,4). The van der Waals surface area contributed by atoms with Crippen LogP contribution in [0.1, 0.15) is 13.3 Å². The van der Waals surface area contributed by atoms with Crippen molar-refractivity contribution in [3.63, 3.8) is 0 Å². The van der Waals surface area contributed by atoms with Crippen LogP contribution in [0.2, 0.25) is 0 Å². The smallest absolute Gasteiger partial charge is 0.450 e. The van der Waals surface area contributed by atoms with Gasteiger partial charge in [0.1, 0.15) is 0 Å². The van der Waals surface area contributed by atoms with Gasteiger partial charge >= 0.3 is 12.3 Å². The lowest BCUT2D eigenvalue weighted by Crippen LogP contribution is -1.99. The van der Waals surface area contributed by atoms with E-state index in [9.17, 15) is 4.79 Å². The summed E-state index contributed by atoms with van der Waals surface area (Å²) in [4.78, 5) is 18.1. The Labute approximate surface area is 76.1 Å². The Balaban J connectivity index is -0.000000142. The molecule has 13 heavy (non-hydrogen) atoms.